The number of hydrogen-bond acceptors (Lipinski definition) is 0. The summed E-state index contributed by atoms with van der Waals surface area (Å²) in [6, 6.07) is 0. The Hall–Kier alpha value is 2.32. The molecule has 0 aliphatic carbocycles. The van der Waals surface area contributed by atoms with Gasteiger partial charge in [0.25, 0.3) is 0 Å². The Balaban J connectivity index is -0.00000000500. The van der Waals surface area contributed by atoms with Gasteiger partial charge in [0.1, 0.15) is 0 Å². The van der Waals surface area contributed by atoms with Crippen molar-refractivity contribution >= 4 is 33.4 Å². The van der Waals surface area contributed by atoms with Gasteiger partial charge in [-0.25, -0.2) is 0 Å². The van der Waals surface area contributed by atoms with E-state index < -0.39 is 0 Å². The van der Waals surface area contributed by atoms with Gasteiger partial charge in [-0.05, 0) is 0 Å². The minimum atomic E-state index is 0. The van der Waals surface area contributed by atoms with E-state index in [4.69, 9.17) is 0 Å². The van der Waals surface area contributed by atoms with E-state index in [-0.39, 0.29) is 36.9 Å². The predicted molar refractivity (Wildman–Crippen MR) is 17.1 cm³/mol. The van der Waals surface area contributed by atoms with Gasteiger partial charge in [-0.2, -0.15) is 0 Å². The van der Waals surface area contributed by atoms with E-state index in [1.807, 2.05) is 16.9 Å². The molecular weight excluding hydrogens is 404 g/mol. The third-order valence-corrected chi connectivity index (χ3v) is 0. The van der Waals surface area contributed by atoms with Crippen molar-refractivity contribution in [1.29, 1.82) is 0 Å². The van der Waals surface area contributed by atoms with Gasteiger partial charge in [0, 0.05) is 17.1 Å². The molecule has 33 valence electrons. The first-order chi connectivity index (χ1) is 1.00. The van der Waals surface area contributed by atoms with Crippen LogP contribution in [0, 0.1) is 0 Å². The number of rotatable bonds is 0. The van der Waals surface area contributed by atoms with Crippen LogP contribution in [0.5, 0.6) is 0 Å². The molecule has 0 atom stereocenters. The van der Waals surface area contributed by atoms with Gasteiger partial charge in [0.2, 0.25) is 0 Å². The Morgan fingerprint density at radius 3 is 1.25 bits per heavy atom. The molecule has 0 saturated heterocycles. The summed E-state index contributed by atoms with van der Waals surface area (Å²) in [5.74, 6) is 0. The zero-order valence-electron chi connectivity index (χ0n) is 1.08. The molecule has 4 heavy (non-hydrogen) atoms. The van der Waals surface area contributed by atoms with Gasteiger partial charge in [0.15, 0.2) is 0 Å². The average molecular weight is 408 g/mol. The summed E-state index contributed by atoms with van der Waals surface area (Å²) < 4.78 is 0. The third-order valence-electron chi connectivity index (χ3n) is 0. The summed E-state index contributed by atoms with van der Waals surface area (Å²) in [6.45, 7) is 0. The SMILES string of the molecule is [Cu].[GaH3].[SeH][Ir]. The van der Waals surface area contributed by atoms with E-state index in [1.54, 1.807) is 0 Å². The molecule has 0 rings (SSSR count). The van der Waals surface area contributed by atoms with E-state index in [1.165, 1.54) is 0 Å². The quantitative estimate of drug-likeness (QED) is 0.414. The summed E-state index contributed by atoms with van der Waals surface area (Å²) in [5, 5.41) is 0. The van der Waals surface area contributed by atoms with E-state index in [9.17, 15) is 0 Å². The molecule has 0 nitrogen and oxygen atoms in total. The summed E-state index contributed by atoms with van der Waals surface area (Å²) in [7, 11) is 0. The van der Waals surface area contributed by atoms with E-state index in [2.05, 4.69) is 13.6 Å². The molecule has 0 saturated carbocycles. The van der Waals surface area contributed by atoms with Crippen molar-refractivity contribution in [2.75, 3.05) is 0 Å². The fourth-order valence-electron chi connectivity index (χ4n) is 0. The first-order valence-electron chi connectivity index (χ1n) is 0.149. The Labute approximate surface area is 66.5 Å². The molecule has 0 bridgehead atoms. The van der Waals surface area contributed by atoms with Crippen molar-refractivity contribution < 1.29 is 34.0 Å². The maximum absolute atomic E-state index is 2.31. The van der Waals surface area contributed by atoms with Gasteiger partial charge < -0.3 is 0 Å². The standard InChI is InChI=1S/Cu.Ga.Ir.H2Se.3H/h;;;1H2;;;/q;;+1;;;;/p-1. The second-order valence-electron chi connectivity index (χ2n) is 0. The van der Waals surface area contributed by atoms with Crippen LogP contribution >= 0.6 is 0 Å². The van der Waals surface area contributed by atoms with Crippen LogP contribution in [0.4, 0.5) is 0 Å². The first-order valence-corrected chi connectivity index (χ1v) is 6.34. The molecule has 0 heterocycles. The maximum atomic E-state index is 2.31. The van der Waals surface area contributed by atoms with E-state index in [0.29, 0.717) is 0 Å². The predicted octanol–water partition coefficient (Wildman–Crippen LogP) is -1.84. The molecule has 0 amide bonds. The monoisotopic (exact) mass is 409 g/mol. The molecule has 1 radical (unpaired) electrons. The first kappa shape index (κ1) is 16.2. The molecule has 0 aromatic heterocycles. The fraction of sp³-hybridized carbons (Fsp3) is 0. The Morgan fingerprint density at radius 2 is 1.25 bits per heavy atom. The van der Waals surface area contributed by atoms with Crippen molar-refractivity contribution in [2.45, 2.75) is 0 Å². The van der Waals surface area contributed by atoms with Crippen molar-refractivity contribution in [3.05, 3.63) is 0 Å². The van der Waals surface area contributed by atoms with Crippen LogP contribution in [-0.2, 0) is 34.0 Å². The summed E-state index contributed by atoms with van der Waals surface area (Å²) in [4.78, 5) is 0. The molecule has 0 fully saturated rings. The summed E-state index contributed by atoms with van der Waals surface area (Å²) >= 11 is 4.25. The van der Waals surface area contributed by atoms with Crippen LogP contribution in [0.1, 0.15) is 0 Å². The van der Waals surface area contributed by atoms with Crippen LogP contribution in [0.25, 0.3) is 0 Å². The van der Waals surface area contributed by atoms with Crippen molar-refractivity contribution in [2.24, 2.45) is 0 Å². The van der Waals surface area contributed by atoms with E-state index >= 15 is 0 Å². The van der Waals surface area contributed by atoms with Crippen LogP contribution in [-0.4, -0.2) is 33.4 Å². The zero-order chi connectivity index (χ0) is 2.00. The summed E-state index contributed by atoms with van der Waals surface area (Å²) in [6.07, 6.45) is 0. The molecule has 0 aromatic carbocycles. The molecule has 4 heteroatoms. The van der Waals surface area contributed by atoms with Crippen molar-refractivity contribution in [1.82, 2.24) is 0 Å². The molecule has 0 aliphatic rings. The van der Waals surface area contributed by atoms with Gasteiger partial charge in [-0.15, -0.1) is 0 Å². The van der Waals surface area contributed by atoms with E-state index in [0.717, 1.165) is 0 Å². The zero-order valence-corrected chi connectivity index (χ0v) is 6.30. The molecule has 0 N–H and O–H groups in total. The third kappa shape index (κ3) is 8.85. The van der Waals surface area contributed by atoms with Crippen LogP contribution in [0.3, 0.4) is 0 Å². The van der Waals surface area contributed by atoms with Crippen molar-refractivity contribution in [3.8, 4) is 0 Å². The second-order valence-corrected chi connectivity index (χ2v) is 0. The van der Waals surface area contributed by atoms with Crippen LogP contribution < -0.4 is 0 Å². The second kappa shape index (κ2) is 18.4. The molecule has 0 unspecified atom stereocenters. The van der Waals surface area contributed by atoms with Crippen LogP contribution in [0.15, 0.2) is 0 Å². The number of hydrogen-bond donors (Lipinski definition) is 0. The Morgan fingerprint density at radius 1 is 1.25 bits per heavy atom. The molecule has 0 aliphatic heterocycles. The van der Waals surface area contributed by atoms with Gasteiger partial charge >= 0.3 is 50.2 Å². The molecule has 0 spiro atoms. The van der Waals surface area contributed by atoms with Crippen molar-refractivity contribution in [3.63, 3.8) is 0 Å². The Bertz CT molecular complexity index is 8.00. The topological polar surface area (TPSA) is 0 Å². The van der Waals surface area contributed by atoms with Gasteiger partial charge in [0.05, 0.1) is 0 Å². The van der Waals surface area contributed by atoms with Gasteiger partial charge in [-0.3, -0.25) is 0 Å². The van der Waals surface area contributed by atoms with Crippen LogP contribution in [0.2, 0.25) is 0 Å². The average Bonchev–Trinajstić information content (AvgIpc) is 1.00. The normalized spacial score (nSPS) is 1.75. The molecular formula is H4CuGaIrSe. The van der Waals surface area contributed by atoms with Gasteiger partial charge in [-0.1, -0.05) is 0 Å². The molecule has 0 aromatic rings. The fourth-order valence-corrected chi connectivity index (χ4v) is 0. The minimum absolute atomic E-state index is 0. The Kier molecular flexibility index (Phi) is 74.7. The summed E-state index contributed by atoms with van der Waals surface area (Å²) in [5.41, 5.74) is 0.